The van der Waals surface area contributed by atoms with Crippen LogP contribution in [0.4, 0.5) is 0 Å². The van der Waals surface area contributed by atoms with Crippen LogP contribution in [0.25, 0.3) is 0 Å². The number of nitrogens with zero attached hydrogens (tertiary/aromatic N) is 1. The van der Waals surface area contributed by atoms with Gasteiger partial charge in [0.05, 0.1) is 11.1 Å². The van der Waals surface area contributed by atoms with Gasteiger partial charge in [-0.05, 0) is 32.9 Å². The van der Waals surface area contributed by atoms with Crippen LogP contribution in [0.3, 0.4) is 0 Å². The number of nitrogens with two attached hydrogens (primary N) is 1. The van der Waals surface area contributed by atoms with Crippen LogP contribution in [0.15, 0.2) is 18.2 Å². The molecule has 1 aromatic rings. The van der Waals surface area contributed by atoms with E-state index in [0.717, 1.165) is 10.5 Å². The Morgan fingerprint density at radius 3 is 2.41 bits per heavy atom. The summed E-state index contributed by atoms with van der Waals surface area (Å²) in [6, 6.07) is 3.99. The minimum absolute atomic E-state index is 0. The number of benzene rings is 1. The van der Waals surface area contributed by atoms with Crippen molar-refractivity contribution in [2.75, 3.05) is 6.54 Å². The molecule has 0 aliphatic carbocycles. The van der Waals surface area contributed by atoms with Crippen molar-refractivity contribution in [2.24, 2.45) is 5.73 Å². The van der Waals surface area contributed by atoms with Gasteiger partial charge in [0, 0.05) is 12.6 Å². The van der Waals surface area contributed by atoms with E-state index in [2.05, 4.69) is 5.32 Å². The third-order valence-electron chi connectivity index (χ3n) is 3.58. The number of carbonyl (C=O) groups is 3. The lowest BCUT2D eigenvalue weighted by atomic mass is 10.1. The van der Waals surface area contributed by atoms with E-state index in [9.17, 15) is 14.4 Å². The SMILES string of the molecule is Cc1ccc2c(c1)C(=O)N(C(C)C(=O)N[C@@H](C)CN)C2=O.Cl. The van der Waals surface area contributed by atoms with Gasteiger partial charge in [-0.15, -0.1) is 12.4 Å². The summed E-state index contributed by atoms with van der Waals surface area (Å²) in [5.74, 6) is -1.25. The number of hydrogen-bond acceptors (Lipinski definition) is 4. The Kier molecular flexibility index (Phi) is 5.68. The van der Waals surface area contributed by atoms with Gasteiger partial charge in [-0.25, -0.2) is 0 Å². The summed E-state index contributed by atoms with van der Waals surface area (Å²) >= 11 is 0. The number of nitrogens with one attached hydrogen (secondary N) is 1. The fraction of sp³-hybridized carbons (Fsp3) is 0.400. The second kappa shape index (κ2) is 6.89. The number of hydrogen-bond donors (Lipinski definition) is 2. The molecule has 120 valence electrons. The predicted octanol–water partition coefficient (Wildman–Crippen LogP) is 0.865. The van der Waals surface area contributed by atoms with Crippen molar-refractivity contribution in [1.29, 1.82) is 0 Å². The molecule has 0 radical (unpaired) electrons. The molecule has 1 heterocycles. The standard InChI is InChI=1S/C15H19N3O3.ClH/c1-8-4-5-11-12(6-8)15(21)18(14(11)20)10(3)13(19)17-9(2)7-16;/h4-6,9-10H,7,16H2,1-3H3,(H,17,19);1H/t9-,10?;/m0./s1. The first-order valence-corrected chi connectivity index (χ1v) is 6.85. The zero-order chi connectivity index (χ0) is 15.7. The van der Waals surface area contributed by atoms with Crippen molar-refractivity contribution < 1.29 is 14.4 Å². The number of amides is 3. The molecule has 1 unspecified atom stereocenters. The minimum atomic E-state index is -0.869. The molecule has 6 nitrogen and oxygen atoms in total. The van der Waals surface area contributed by atoms with Gasteiger partial charge < -0.3 is 11.1 Å². The Balaban J connectivity index is 0.00000242. The first-order valence-electron chi connectivity index (χ1n) is 6.85. The third kappa shape index (κ3) is 3.13. The fourth-order valence-corrected chi connectivity index (χ4v) is 2.26. The highest BCUT2D eigenvalue weighted by Crippen LogP contribution is 2.25. The average molecular weight is 326 g/mol. The molecular weight excluding hydrogens is 306 g/mol. The van der Waals surface area contributed by atoms with E-state index in [-0.39, 0.29) is 24.4 Å². The van der Waals surface area contributed by atoms with Gasteiger partial charge in [0.2, 0.25) is 5.91 Å². The van der Waals surface area contributed by atoms with Gasteiger partial charge >= 0.3 is 0 Å². The Morgan fingerprint density at radius 2 is 1.82 bits per heavy atom. The maximum Gasteiger partial charge on any atom is 0.262 e. The van der Waals surface area contributed by atoms with Crippen LogP contribution in [-0.2, 0) is 4.79 Å². The van der Waals surface area contributed by atoms with E-state index in [1.807, 2.05) is 6.92 Å². The molecule has 7 heteroatoms. The zero-order valence-electron chi connectivity index (χ0n) is 12.8. The smallest absolute Gasteiger partial charge is 0.262 e. The summed E-state index contributed by atoms with van der Waals surface area (Å²) in [5.41, 5.74) is 7.04. The van der Waals surface area contributed by atoms with Gasteiger partial charge in [0.1, 0.15) is 6.04 Å². The topological polar surface area (TPSA) is 92.5 Å². The van der Waals surface area contributed by atoms with Crippen LogP contribution in [0, 0.1) is 6.92 Å². The molecule has 1 aliphatic heterocycles. The monoisotopic (exact) mass is 325 g/mol. The lowest BCUT2D eigenvalue weighted by Gasteiger charge is -2.23. The number of aryl methyl sites for hydroxylation is 1. The first kappa shape index (κ1) is 18.1. The van der Waals surface area contributed by atoms with Crippen molar-refractivity contribution in [3.05, 3.63) is 34.9 Å². The second-order valence-corrected chi connectivity index (χ2v) is 5.35. The Bertz CT molecular complexity index is 618. The molecule has 2 atom stereocenters. The predicted molar refractivity (Wildman–Crippen MR) is 85.0 cm³/mol. The molecule has 2 rings (SSSR count). The quantitative estimate of drug-likeness (QED) is 0.803. The lowest BCUT2D eigenvalue weighted by Crippen LogP contribution is -2.51. The lowest BCUT2D eigenvalue weighted by molar-refractivity contribution is -0.125. The van der Waals surface area contributed by atoms with E-state index in [1.165, 1.54) is 6.92 Å². The molecule has 3 N–H and O–H groups in total. The molecule has 0 bridgehead atoms. The molecule has 0 saturated heterocycles. The Labute approximate surface area is 135 Å². The second-order valence-electron chi connectivity index (χ2n) is 5.35. The van der Waals surface area contributed by atoms with E-state index in [4.69, 9.17) is 5.73 Å². The molecule has 3 amide bonds. The van der Waals surface area contributed by atoms with Crippen LogP contribution >= 0.6 is 12.4 Å². The maximum absolute atomic E-state index is 12.4. The summed E-state index contributed by atoms with van der Waals surface area (Å²) in [6.07, 6.45) is 0. The van der Waals surface area contributed by atoms with E-state index < -0.39 is 17.9 Å². The maximum atomic E-state index is 12.4. The van der Waals surface area contributed by atoms with Gasteiger partial charge in [-0.1, -0.05) is 11.6 Å². The summed E-state index contributed by atoms with van der Waals surface area (Å²) in [6.45, 7) is 5.43. The highest BCUT2D eigenvalue weighted by Gasteiger charge is 2.40. The van der Waals surface area contributed by atoms with E-state index in [1.54, 1.807) is 25.1 Å². The molecule has 22 heavy (non-hydrogen) atoms. The Hall–Kier alpha value is -1.92. The molecule has 1 aromatic carbocycles. The van der Waals surface area contributed by atoms with Crippen LogP contribution in [0.5, 0.6) is 0 Å². The van der Waals surface area contributed by atoms with Crippen LogP contribution < -0.4 is 11.1 Å². The summed E-state index contributed by atoms with van der Waals surface area (Å²) in [7, 11) is 0. The van der Waals surface area contributed by atoms with Crippen molar-refractivity contribution >= 4 is 30.1 Å². The molecule has 0 fully saturated rings. The van der Waals surface area contributed by atoms with Crippen LogP contribution in [-0.4, -0.2) is 41.2 Å². The van der Waals surface area contributed by atoms with Crippen molar-refractivity contribution in [3.8, 4) is 0 Å². The van der Waals surface area contributed by atoms with Gasteiger partial charge in [0.25, 0.3) is 11.8 Å². The molecule has 1 aliphatic rings. The van der Waals surface area contributed by atoms with Crippen molar-refractivity contribution in [2.45, 2.75) is 32.9 Å². The molecule has 0 saturated carbocycles. The number of carbonyl (C=O) groups excluding carboxylic acids is 3. The normalized spacial score (nSPS) is 15.9. The highest BCUT2D eigenvalue weighted by atomic mass is 35.5. The first-order chi connectivity index (χ1) is 9.86. The fourth-order valence-electron chi connectivity index (χ4n) is 2.26. The number of rotatable bonds is 4. The summed E-state index contributed by atoms with van der Waals surface area (Å²) in [4.78, 5) is 37.8. The van der Waals surface area contributed by atoms with Gasteiger partial charge in [0.15, 0.2) is 0 Å². The van der Waals surface area contributed by atoms with Gasteiger partial charge in [-0.2, -0.15) is 0 Å². The third-order valence-corrected chi connectivity index (χ3v) is 3.58. The molecule has 0 aromatic heterocycles. The minimum Gasteiger partial charge on any atom is -0.351 e. The summed E-state index contributed by atoms with van der Waals surface area (Å²) in [5, 5.41) is 2.68. The zero-order valence-corrected chi connectivity index (χ0v) is 13.6. The van der Waals surface area contributed by atoms with Gasteiger partial charge in [-0.3, -0.25) is 19.3 Å². The highest BCUT2D eigenvalue weighted by molar-refractivity contribution is 6.22. The van der Waals surface area contributed by atoms with E-state index >= 15 is 0 Å². The number of imide groups is 1. The number of fused-ring (bicyclic) bond motifs is 1. The van der Waals surface area contributed by atoms with Crippen LogP contribution in [0.2, 0.25) is 0 Å². The van der Waals surface area contributed by atoms with Crippen molar-refractivity contribution in [3.63, 3.8) is 0 Å². The summed E-state index contributed by atoms with van der Waals surface area (Å²) < 4.78 is 0. The average Bonchev–Trinajstić information content (AvgIpc) is 2.69. The van der Waals surface area contributed by atoms with Crippen LogP contribution in [0.1, 0.15) is 40.1 Å². The molecule has 0 spiro atoms. The Morgan fingerprint density at radius 1 is 1.23 bits per heavy atom. The largest absolute Gasteiger partial charge is 0.351 e. The van der Waals surface area contributed by atoms with Crippen molar-refractivity contribution in [1.82, 2.24) is 10.2 Å². The van der Waals surface area contributed by atoms with E-state index in [0.29, 0.717) is 17.7 Å². The molecular formula is C15H20ClN3O3. The number of halogens is 1.